The van der Waals surface area contributed by atoms with Crippen LogP contribution >= 0.6 is 23.1 Å². The zero-order valence-electron chi connectivity index (χ0n) is 15.9. The Balaban J connectivity index is 1.46. The molecule has 29 heavy (non-hydrogen) atoms. The van der Waals surface area contributed by atoms with Gasteiger partial charge in [-0.2, -0.15) is 0 Å². The van der Waals surface area contributed by atoms with Crippen molar-refractivity contribution in [3.05, 3.63) is 42.4 Å². The second kappa shape index (κ2) is 8.76. The Bertz CT molecular complexity index is 1100. The van der Waals surface area contributed by atoms with Crippen LogP contribution in [0.5, 0.6) is 0 Å². The quantitative estimate of drug-likeness (QED) is 0.425. The second-order valence-corrected chi connectivity index (χ2v) is 8.14. The third kappa shape index (κ3) is 4.34. The van der Waals surface area contributed by atoms with E-state index in [4.69, 9.17) is 9.15 Å². The maximum absolute atomic E-state index is 12.4. The van der Waals surface area contributed by atoms with E-state index in [0.29, 0.717) is 29.3 Å². The summed E-state index contributed by atoms with van der Waals surface area (Å²) < 4.78 is 13.6. The van der Waals surface area contributed by atoms with Gasteiger partial charge >= 0.3 is 0 Å². The lowest BCUT2D eigenvalue weighted by molar-refractivity contribution is -0.113. The summed E-state index contributed by atoms with van der Waals surface area (Å²) in [6, 6.07) is 9.64. The number of anilines is 1. The standard InChI is InChI=1S/C19H19N5O3S2/c1-12-13(7-9-27-12)17-22-23-19(24(17)8-10-26-2)28-11-16(25)21-18-20-14-5-3-4-6-15(14)29-18/h3-7,9H,8,10-11H2,1-2H3,(H,20,21,25). The van der Waals surface area contributed by atoms with E-state index in [1.165, 1.54) is 23.1 Å². The van der Waals surface area contributed by atoms with Crippen LogP contribution < -0.4 is 5.32 Å². The Labute approximate surface area is 175 Å². The number of thiazole rings is 1. The van der Waals surface area contributed by atoms with E-state index >= 15 is 0 Å². The van der Waals surface area contributed by atoms with Gasteiger partial charge in [0.2, 0.25) is 5.91 Å². The molecule has 0 aliphatic carbocycles. The molecule has 1 amide bonds. The van der Waals surface area contributed by atoms with Gasteiger partial charge < -0.3 is 14.5 Å². The number of amides is 1. The molecule has 4 aromatic rings. The van der Waals surface area contributed by atoms with Gasteiger partial charge in [0.25, 0.3) is 0 Å². The summed E-state index contributed by atoms with van der Waals surface area (Å²) in [5.41, 5.74) is 1.75. The van der Waals surface area contributed by atoms with E-state index in [1.807, 2.05) is 41.8 Å². The van der Waals surface area contributed by atoms with Crippen molar-refractivity contribution >= 4 is 44.4 Å². The first-order valence-electron chi connectivity index (χ1n) is 8.90. The molecule has 150 valence electrons. The Morgan fingerprint density at radius 3 is 2.93 bits per heavy atom. The smallest absolute Gasteiger partial charge is 0.236 e. The van der Waals surface area contributed by atoms with E-state index in [9.17, 15) is 4.79 Å². The number of methoxy groups -OCH3 is 1. The fourth-order valence-corrected chi connectivity index (χ4v) is 4.45. The van der Waals surface area contributed by atoms with E-state index < -0.39 is 0 Å². The van der Waals surface area contributed by atoms with Gasteiger partial charge in [-0.3, -0.25) is 9.36 Å². The molecule has 0 fully saturated rings. The maximum atomic E-state index is 12.4. The number of carbonyl (C=O) groups excluding carboxylic acids is 1. The fourth-order valence-electron chi connectivity index (χ4n) is 2.81. The molecule has 0 atom stereocenters. The highest BCUT2D eigenvalue weighted by atomic mass is 32.2. The lowest BCUT2D eigenvalue weighted by atomic mass is 10.2. The van der Waals surface area contributed by atoms with Crippen molar-refractivity contribution in [2.24, 2.45) is 0 Å². The van der Waals surface area contributed by atoms with Crippen LogP contribution in [0, 0.1) is 6.92 Å². The highest BCUT2D eigenvalue weighted by molar-refractivity contribution is 7.99. The zero-order chi connectivity index (χ0) is 20.2. The monoisotopic (exact) mass is 429 g/mol. The van der Waals surface area contributed by atoms with Gasteiger partial charge in [0.1, 0.15) is 5.76 Å². The van der Waals surface area contributed by atoms with E-state index in [-0.39, 0.29) is 11.7 Å². The lowest BCUT2D eigenvalue weighted by Gasteiger charge is -2.09. The number of aromatic nitrogens is 4. The predicted molar refractivity (Wildman–Crippen MR) is 113 cm³/mol. The number of nitrogens with one attached hydrogen (secondary N) is 1. The van der Waals surface area contributed by atoms with Gasteiger partial charge in [0.15, 0.2) is 16.1 Å². The average molecular weight is 430 g/mol. The van der Waals surface area contributed by atoms with Crippen molar-refractivity contribution < 1.29 is 13.9 Å². The molecule has 3 heterocycles. The topological polar surface area (TPSA) is 95.1 Å². The Morgan fingerprint density at radius 2 is 2.17 bits per heavy atom. The number of rotatable bonds is 8. The SMILES string of the molecule is COCCn1c(SCC(=O)Nc2nc3ccccc3s2)nnc1-c1ccoc1C. The molecule has 1 N–H and O–H groups in total. The highest BCUT2D eigenvalue weighted by Gasteiger charge is 2.18. The molecule has 0 aliphatic rings. The van der Waals surface area contributed by atoms with Crippen molar-refractivity contribution in [3.8, 4) is 11.4 Å². The number of carbonyl (C=O) groups is 1. The van der Waals surface area contributed by atoms with Crippen LogP contribution in [-0.2, 0) is 16.1 Å². The summed E-state index contributed by atoms with van der Waals surface area (Å²) in [6.07, 6.45) is 1.62. The van der Waals surface area contributed by atoms with Gasteiger partial charge in [0.05, 0.1) is 40.9 Å². The third-order valence-corrected chi connectivity index (χ3v) is 6.13. The zero-order valence-corrected chi connectivity index (χ0v) is 17.5. The first-order chi connectivity index (χ1) is 14.2. The first kappa shape index (κ1) is 19.6. The summed E-state index contributed by atoms with van der Waals surface area (Å²) in [5, 5.41) is 12.7. The van der Waals surface area contributed by atoms with E-state index in [2.05, 4.69) is 20.5 Å². The van der Waals surface area contributed by atoms with E-state index in [0.717, 1.165) is 21.5 Å². The Kier molecular flexibility index (Phi) is 5.93. The number of aryl methyl sites for hydroxylation is 1. The number of nitrogens with zero attached hydrogens (tertiary/aromatic N) is 4. The van der Waals surface area contributed by atoms with Gasteiger partial charge in [0, 0.05) is 7.11 Å². The van der Waals surface area contributed by atoms with Crippen molar-refractivity contribution in [1.29, 1.82) is 0 Å². The molecule has 0 bridgehead atoms. The third-order valence-electron chi connectivity index (χ3n) is 4.21. The van der Waals surface area contributed by atoms with Crippen molar-refractivity contribution in [2.45, 2.75) is 18.6 Å². The summed E-state index contributed by atoms with van der Waals surface area (Å²) in [4.78, 5) is 16.8. The number of benzene rings is 1. The van der Waals surface area contributed by atoms with Gasteiger partial charge in [-0.05, 0) is 25.1 Å². The number of thioether (sulfide) groups is 1. The molecule has 3 aromatic heterocycles. The van der Waals surface area contributed by atoms with Gasteiger partial charge in [-0.25, -0.2) is 4.98 Å². The number of furan rings is 1. The molecule has 0 radical (unpaired) electrons. The minimum Gasteiger partial charge on any atom is -0.469 e. The molecular weight excluding hydrogens is 410 g/mol. The van der Waals surface area contributed by atoms with Crippen LogP contribution in [0.25, 0.3) is 21.6 Å². The summed E-state index contributed by atoms with van der Waals surface area (Å²) in [7, 11) is 1.64. The molecule has 10 heteroatoms. The molecule has 0 saturated heterocycles. The molecule has 0 spiro atoms. The molecule has 0 aliphatic heterocycles. The van der Waals surface area contributed by atoms with Gasteiger partial charge in [-0.15, -0.1) is 10.2 Å². The second-order valence-electron chi connectivity index (χ2n) is 6.16. The average Bonchev–Trinajstić information content (AvgIpc) is 3.42. The molecule has 0 unspecified atom stereocenters. The number of hydrogen-bond donors (Lipinski definition) is 1. The maximum Gasteiger partial charge on any atom is 0.236 e. The van der Waals surface area contributed by atoms with Crippen molar-refractivity contribution in [1.82, 2.24) is 19.7 Å². The van der Waals surface area contributed by atoms with Crippen LogP contribution in [0.1, 0.15) is 5.76 Å². The van der Waals surface area contributed by atoms with E-state index in [1.54, 1.807) is 13.4 Å². The minimum atomic E-state index is -0.142. The van der Waals surface area contributed by atoms with Gasteiger partial charge in [-0.1, -0.05) is 35.2 Å². The summed E-state index contributed by atoms with van der Waals surface area (Å²) >= 11 is 2.78. The van der Waals surface area contributed by atoms with Crippen LogP contribution in [0.2, 0.25) is 0 Å². The number of hydrogen-bond acceptors (Lipinski definition) is 8. The normalized spacial score (nSPS) is 11.2. The summed E-state index contributed by atoms with van der Waals surface area (Å²) in [5.74, 6) is 1.52. The molecular formula is C19H19N5O3S2. The number of fused-ring (bicyclic) bond motifs is 1. The van der Waals surface area contributed by atoms with Crippen LogP contribution in [0.3, 0.4) is 0 Å². The predicted octanol–water partition coefficient (Wildman–Crippen LogP) is 3.83. The largest absolute Gasteiger partial charge is 0.469 e. The van der Waals surface area contributed by atoms with Crippen molar-refractivity contribution in [2.75, 3.05) is 24.8 Å². The van der Waals surface area contributed by atoms with Crippen LogP contribution in [0.4, 0.5) is 5.13 Å². The first-order valence-corrected chi connectivity index (χ1v) is 10.7. The molecule has 4 rings (SSSR count). The van der Waals surface area contributed by atoms with Crippen LogP contribution in [0.15, 0.2) is 46.2 Å². The number of ether oxygens (including phenoxy) is 1. The minimum absolute atomic E-state index is 0.142. The highest BCUT2D eigenvalue weighted by Crippen LogP contribution is 2.28. The lowest BCUT2D eigenvalue weighted by Crippen LogP contribution is -2.15. The fraction of sp³-hybridized carbons (Fsp3) is 0.263. The molecule has 1 aromatic carbocycles. The molecule has 8 nitrogen and oxygen atoms in total. The van der Waals surface area contributed by atoms with Crippen LogP contribution in [-0.4, -0.2) is 45.1 Å². The number of para-hydroxylation sites is 1. The Morgan fingerprint density at radius 1 is 1.31 bits per heavy atom. The Hall–Kier alpha value is -2.69. The summed E-state index contributed by atoms with van der Waals surface area (Å²) in [6.45, 7) is 2.96. The molecule has 0 saturated carbocycles. The van der Waals surface area contributed by atoms with Crippen molar-refractivity contribution in [3.63, 3.8) is 0 Å².